The highest BCUT2D eigenvalue weighted by Gasteiger charge is 2.15. The molecule has 2 N–H and O–H groups in total. The van der Waals surface area contributed by atoms with Crippen LogP contribution in [0.3, 0.4) is 0 Å². The van der Waals surface area contributed by atoms with E-state index in [0.717, 1.165) is 96.2 Å². The molecule has 2 fully saturated rings. The summed E-state index contributed by atoms with van der Waals surface area (Å²) in [7, 11) is 1.96. The fraction of sp³-hybridized carbons (Fsp3) is 0.842. The van der Waals surface area contributed by atoms with Crippen molar-refractivity contribution in [3.8, 4) is 0 Å². The van der Waals surface area contributed by atoms with Gasteiger partial charge < -0.3 is 29.4 Å². The number of morpholine rings is 1. The Labute approximate surface area is 173 Å². The van der Waals surface area contributed by atoms with Gasteiger partial charge in [-0.1, -0.05) is 0 Å². The van der Waals surface area contributed by atoms with Crippen LogP contribution in [0.15, 0.2) is 4.99 Å². The number of aryl methyl sites for hydroxylation is 1. The number of ether oxygens (including phenoxy) is 3. The van der Waals surface area contributed by atoms with Gasteiger partial charge >= 0.3 is 0 Å². The highest BCUT2D eigenvalue weighted by atomic mass is 16.5. The molecule has 10 nitrogen and oxygen atoms in total. The summed E-state index contributed by atoms with van der Waals surface area (Å²) in [6.45, 7) is 10.9. The van der Waals surface area contributed by atoms with Gasteiger partial charge in [0.15, 0.2) is 11.8 Å². The lowest BCUT2D eigenvalue weighted by atomic mass is 10.3. The van der Waals surface area contributed by atoms with E-state index < -0.39 is 0 Å². The second-order valence-corrected chi connectivity index (χ2v) is 7.40. The molecule has 2 saturated heterocycles. The summed E-state index contributed by atoms with van der Waals surface area (Å²) >= 11 is 0. The Kier molecular flexibility index (Phi) is 9.13. The quantitative estimate of drug-likeness (QED) is 0.308. The number of hydrogen-bond donors (Lipinski definition) is 2. The first-order chi connectivity index (χ1) is 14.2. The summed E-state index contributed by atoms with van der Waals surface area (Å²) < 4.78 is 18.5. The Morgan fingerprint density at radius 1 is 1.17 bits per heavy atom. The van der Waals surface area contributed by atoms with Crippen molar-refractivity contribution in [1.82, 2.24) is 30.3 Å². The molecule has 0 bridgehead atoms. The SMILES string of the molecule is Cc1nnc(CN=C(NCCCOC2CCOC2)NCCN2CCOCC2)n1C. The normalized spacial score (nSPS) is 20.9. The summed E-state index contributed by atoms with van der Waals surface area (Å²) in [6.07, 6.45) is 2.18. The second kappa shape index (κ2) is 12.1. The highest BCUT2D eigenvalue weighted by Crippen LogP contribution is 2.07. The standard InChI is InChI=1S/C19H35N7O3/c1-16-23-24-18(25(16)2)14-22-19(21-6-7-26-8-12-27-13-9-26)20-5-3-10-29-17-4-11-28-15-17/h17H,3-15H2,1-2H3,(H2,20,21,22). The van der Waals surface area contributed by atoms with Gasteiger partial charge in [0.2, 0.25) is 0 Å². The first-order valence-electron chi connectivity index (χ1n) is 10.6. The third kappa shape index (κ3) is 7.54. The van der Waals surface area contributed by atoms with Crippen LogP contribution in [-0.4, -0.2) is 97.5 Å². The van der Waals surface area contributed by atoms with Crippen molar-refractivity contribution in [2.45, 2.75) is 32.4 Å². The van der Waals surface area contributed by atoms with E-state index in [9.17, 15) is 0 Å². The van der Waals surface area contributed by atoms with Crippen molar-refractivity contribution in [3.63, 3.8) is 0 Å². The van der Waals surface area contributed by atoms with Gasteiger partial charge in [-0.15, -0.1) is 10.2 Å². The Balaban J connectivity index is 1.42. The summed E-state index contributed by atoms with van der Waals surface area (Å²) in [4.78, 5) is 7.09. The van der Waals surface area contributed by atoms with Crippen molar-refractivity contribution in [2.75, 3.05) is 65.8 Å². The number of nitrogens with one attached hydrogen (secondary N) is 2. The first-order valence-corrected chi connectivity index (χ1v) is 10.6. The zero-order valence-corrected chi connectivity index (χ0v) is 17.7. The third-order valence-corrected chi connectivity index (χ3v) is 5.24. The molecule has 1 unspecified atom stereocenters. The lowest BCUT2D eigenvalue weighted by Crippen LogP contribution is -2.44. The maximum absolute atomic E-state index is 5.83. The highest BCUT2D eigenvalue weighted by molar-refractivity contribution is 5.79. The molecule has 1 aromatic heterocycles. The zero-order valence-electron chi connectivity index (χ0n) is 17.7. The number of hydrogen-bond acceptors (Lipinski definition) is 7. The minimum Gasteiger partial charge on any atom is -0.379 e. The molecule has 0 aliphatic carbocycles. The fourth-order valence-electron chi connectivity index (χ4n) is 3.24. The van der Waals surface area contributed by atoms with Crippen LogP contribution in [0.2, 0.25) is 0 Å². The maximum Gasteiger partial charge on any atom is 0.191 e. The largest absolute Gasteiger partial charge is 0.379 e. The van der Waals surface area contributed by atoms with Gasteiger partial charge in [-0.25, -0.2) is 4.99 Å². The van der Waals surface area contributed by atoms with Gasteiger partial charge in [0.05, 0.1) is 25.9 Å². The van der Waals surface area contributed by atoms with E-state index in [1.807, 2.05) is 18.5 Å². The Morgan fingerprint density at radius 3 is 2.72 bits per heavy atom. The maximum atomic E-state index is 5.83. The van der Waals surface area contributed by atoms with Crippen molar-refractivity contribution in [2.24, 2.45) is 12.0 Å². The van der Waals surface area contributed by atoms with E-state index in [4.69, 9.17) is 19.2 Å². The van der Waals surface area contributed by atoms with Gasteiger partial charge in [0, 0.05) is 53.0 Å². The van der Waals surface area contributed by atoms with Gasteiger partial charge in [-0.05, 0) is 19.8 Å². The van der Waals surface area contributed by atoms with E-state index >= 15 is 0 Å². The number of guanidine groups is 1. The second-order valence-electron chi connectivity index (χ2n) is 7.40. The Hall–Kier alpha value is -1.75. The third-order valence-electron chi connectivity index (χ3n) is 5.24. The lowest BCUT2D eigenvalue weighted by Gasteiger charge is -2.26. The molecule has 10 heteroatoms. The van der Waals surface area contributed by atoms with Crippen LogP contribution in [0.25, 0.3) is 0 Å². The number of rotatable bonds is 10. The fourth-order valence-corrected chi connectivity index (χ4v) is 3.24. The van der Waals surface area contributed by atoms with Gasteiger partial charge in [0.25, 0.3) is 0 Å². The van der Waals surface area contributed by atoms with E-state index in [1.54, 1.807) is 0 Å². The van der Waals surface area contributed by atoms with E-state index in [1.165, 1.54) is 0 Å². The summed E-state index contributed by atoms with van der Waals surface area (Å²) in [6, 6.07) is 0. The van der Waals surface area contributed by atoms with E-state index in [0.29, 0.717) is 6.54 Å². The molecular weight excluding hydrogens is 374 g/mol. The molecule has 2 aliphatic rings. The van der Waals surface area contributed by atoms with Crippen LogP contribution in [0.1, 0.15) is 24.5 Å². The molecule has 0 amide bonds. The van der Waals surface area contributed by atoms with E-state index in [2.05, 4.69) is 25.7 Å². The smallest absolute Gasteiger partial charge is 0.191 e. The van der Waals surface area contributed by atoms with Crippen molar-refractivity contribution >= 4 is 5.96 Å². The molecule has 164 valence electrons. The number of aromatic nitrogens is 3. The molecule has 0 spiro atoms. The monoisotopic (exact) mass is 409 g/mol. The minimum absolute atomic E-state index is 0.258. The summed E-state index contributed by atoms with van der Waals surface area (Å²) in [5.74, 6) is 2.53. The topological polar surface area (TPSA) is 98.1 Å². The average Bonchev–Trinajstić information content (AvgIpc) is 3.37. The van der Waals surface area contributed by atoms with Gasteiger partial charge in [-0.3, -0.25) is 4.90 Å². The molecule has 1 atom stereocenters. The van der Waals surface area contributed by atoms with Crippen LogP contribution in [0, 0.1) is 6.92 Å². The van der Waals surface area contributed by atoms with Crippen LogP contribution in [-0.2, 0) is 27.8 Å². The lowest BCUT2D eigenvalue weighted by molar-refractivity contribution is 0.0389. The molecular formula is C19H35N7O3. The van der Waals surface area contributed by atoms with Crippen LogP contribution in [0.5, 0.6) is 0 Å². The average molecular weight is 410 g/mol. The first kappa shape index (κ1) is 21.9. The molecule has 29 heavy (non-hydrogen) atoms. The minimum atomic E-state index is 0.258. The molecule has 0 saturated carbocycles. The predicted octanol–water partition coefficient (Wildman–Crippen LogP) is -0.313. The molecule has 0 aromatic carbocycles. The molecule has 1 aromatic rings. The number of aliphatic imine (C=N–C) groups is 1. The van der Waals surface area contributed by atoms with Crippen molar-refractivity contribution in [1.29, 1.82) is 0 Å². The molecule has 2 aliphatic heterocycles. The molecule has 0 radical (unpaired) electrons. The number of nitrogens with zero attached hydrogens (tertiary/aromatic N) is 5. The van der Waals surface area contributed by atoms with Crippen molar-refractivity contribution in [3.05, 3.63) is 11.6 Å². The van der Waals surface area contributed by atoms with Gasteiger partial charge in [0.1, 0.15) is 12.4 Å². The molecule has 3 rings (SSSR count). The van der Waals surface area contributed by atoms with Gasteiger partial charge in [-0.2, -0.15) is 0 Å². The Morgan fingerprint density at radius 2 is 2.00 bits per heavy atom. The van der Waals surface area contributed by atoms with E-state index in [-0.39, 0.29) is 6.10 Å². The zero-order chi connectivity index (χ0) is 20.3. The predicted molar refractivity (Wildman–Crippen MR) is 110 cm³/mol. The van der Waals surface area contributed by atoms with Crippen LogP contribution in [0.4, 0.5) is 0 Å². The summed E-state index contributed by atoms with van der Waals surface area (Å²) in [5, 5.41) is 15.1. The van der Waals surface area contributed by atoms with Crippen molar-refractivity contribution < 1.29 is 14.2 Å². The molecule has 3 heterocycles. The van der Waals surface area contributed by atoms with Crippen LogP contribution >= 0.6 is 0 Å². The van der Waals surface area contributed by atoms with Crippen LogP contribution < -0.4 is 10.6 Å². The summed E-state index contributed by atoms with van der Waals surface area (Å²) in [5.41, 5.74) is 0. The Bertz CT molecular complexity index is 625.